The van der Waals surface area contributed by atoms with Gasteiger partial charge in [0.2, 0.25) is 17.8 Å². The van der Waals surface area contributed by atoms with Crippen molar-refractivity contribution in [2.24, 2.45) is 25.4 Å². The highest BCUT2D eigenvalue weighted by Gasteiger charge is 2.40. The summed E-state index contributed by atoms with van der Waals surface area (Å²) < 4.78 is 8.76. The lowest BCUT2D eigenvalue weighted by molar-refractivity contribution is -0.134. The minimum Gasteiger partial charge on any atom is -0.478 e. The van der Waals surface area contributed by atoms with E-state index in [9.17, 15) is 19.2 Å². The summed E-state index contributed by atoms with van der Waals surface area (Å²) in [6.45, 7) is 8.17. The summed E-state index contributed by atoms with van der Waals surface area (Å²) >= 11 is 6.60. The van der Waals surface area contributed by atoms with Gasteiger partial charge in [-0.15, -0.1) is 0 Å². The number of carbonyl (C=O) groups excluding carboxylic acids is 3. The number of anilines is 4. The van der Waals surface area contributed by atoms with Crippen molar-refractivity contribution in [2.75, 3.05) is 68.0 Å². The fourth-order valence-corrected chi connectivity index (χ4v) is 10.3. The van der Waals surface area contributed by atoms with Crippen LogP contribution in [0.15, 0.2) is 47.5 Å². The number of pyridine rings is 2. The molecular weight excluding hydrogens is 824 g/mol. The van der Waals surface area contributed by atoms with Crippen molar-refractivity contribution in [3.8, 4) is 5.75 Å². The summed E-state index contributed by atoms with van der Waals surface area (Å²) in [5, 5.41) is 15.0. The van der Waals surface area contributed by atoms with Crippen molar-refractivity contribution < 1.29 is 19.1 Å². The normalized spacial score (nSPS) is 20.3. The number of nitrogens with zero attached hydrogens (tertiary/aromatic N) is 9. The summed E-state index contributed by atoms with van der Waals surface area (Å²) in [4.78, 5) is 70.3. The van der Waals surface area contributed by atoms with Gasteiger partial charge in [0, 0.05) is 76.2 Å². The quantitative estimate of drug-likeness (QED) is 0.165. The minimum atomic E-state index is -0.404. The van der Waals surface area contributed by atoms with Gasteiger partial charge in [-0.2, -0.15) is 10.1 Å². The number of likely N-dealkylation sites (tertiary alicyclic amines) is 1. The van der Waals surface area contributed by atoms with Gasteiger partial charge in [-0.3, -0.25) is 33.7 Å². The zero-order chi connectivity index (χ0) is 44.0. The van der Waals surface area contributed by atoms with E-state index >= 15 is 0 Å². The zero-order valence-corrected chi connectivity index (χ0v) is 37.1. The molecule has 1 spiro atoms. The van der Waals surface area contributed by atoms with Crippen LogP contribution in [0, 0.1) is 11.3 Å². The van der Waals surface area contributed by atoms with Gasteiger partial charge in [-0.1, -0.05) is 11.6 Å². The number of hydrogen-bond donors (Lipinski definition) is 3. The third-order valence-electron chi connectivity index (χ3n) is 14.2. The van der Waals surface area contributed by atoms with Crippen LogP contribution in [0.2, 0.25) is 5.02 Å². The van der Waals surface area contributed by atoms with Crippen molar-refractivity contribution in [1.29, 1.82) is 0 Å². The molecule has 4 aliphatic heterocycles. The van der Waals surface area contributed by atoms with Crippen molar-refractivity contribution in [3.05, 3.63) is 63.8 Å². The molecule has 4 aliphatic rings. The molecule has 4 saturated heterocycles. The maximum absolute atomic E-state index is 12.8. The topological polar surface area (TPSA) is 185 Å². The van der Waals surface area contributed by atoms with E-state index in [1.807, 2.05) is 17.8 Å². The van der Waals surface area contributed by atoms with Gasteiger partial charge in [0.15, 0.2) is 18.2 Å². The number of ether oxygens (including phenoxy) is 1. The number of aromatic nitrogens is 6. The Bertz CT molecular complexity index is 2620. The fourth-order valence-electron chi connectivity index (χ4n) is 10.2. The van der Waals surface area contributed by atoms with Crippen LogP contribution in [0.5, 0.6) is 5.75 Å². The van der Waals surface area contributed by atoms with Crippen LogP contribution in [0.1, 0.15) is 69.9 Å². The van der Waals surface area contributed by atoms with Gasteiger partial charge in [0.05, 0.1) is 35.2 Å². The van der Waals surface area contributed by atoms with Crippen molar-refractivity contribution in [2.45, 2.75) is 70.3 Å². The first-order valence-electron chi connectivity index (χ1n) is 22.1. The van der Waals surface area contributed by atoms with Gasteiger partial charge in [0.25, 0.3) is 11.5 Å². The number of hydrogen-bond acceptors (Lipinski definition) is 13. The van der Waals surface area contributed by atoms with Gasteiger partial charge in [-0.05, 0) is 107 Å². The van der Waals surface area contributed by atoms with E-state index in [2.05, 4.69) is 65.7 Å². The molecule has 0 aliphatic carbocycles. The SMILES string of the molecule is CNC(=O)COc1cc2cc(Nc3nc(N4CCC5(CC4)CCN([C@@H](C)C4CCN(c6ccc7c([C@H]8CCC(=O)NC8=O)nn(C)c7c6)CC4)CC5)ncc3Cl)cnc2n(C)c1=O. The second-order valence-corrected chi connectivity index (χ2v) is 18.2. The molecule has 9 rings (SSSR count). The van der Waals surface area contributed by atoms with Gasteiger partial charge in [-0.25, -0.2) is 9.97 Å². The molecule has 8 heterocycles. The second kappa shape index (κ2) is 17.4. The molecule has 2 atom stereocenters. The number of piperidine rings is 4. The average Bonchev–Trinajstić information content (AvgIpc) is 3.62. The summed E-state index contributed by atoms with van der Waals surface area (Å²) in [5.74, 6) is 0.583. The minimum absolute atomic E-state index is 0.0535. The van der Waals surface area contributed by atoms with Crippen LogP contribution in [-0.2, 0) is 28.5 Å². The molecule has 4 aromatic heterocycles. The summed E-state index contributed by atoms with van der Waals surface area (Å²) in [6, 6.07) is 10.4. The van der Waals surface area contributed by atoms with Crippen molar-refractivity contribution >= 4 is 74.4 Å². The molecule has 3 amide bonds. The third-order valence-corrected chi connectivity index (χ3v) is 14.5. The van der Waals surface area contributed by atoms with E-state index in [0.717, 1.165) is 81.5 Å². The Morgan fingerprint density at radius 1 is 0.952 bits per heavy atom. The average molecular weight is 879 g/mol. The number of rotatable bonds is 10. The smallest absolute Gasteiger partial charge is 0.294 e. The first-order chi connectivity index (χ1) is 30.4. The Kier molecular flexibility index (Phi) is 11.7. The number of nitrogens with one attached hydrogen (secondary N) is 3. The molecule has 0 radical (unpaired) electrons. The fraction of sp³-hybridized carbons (Fsp3) is 0.511. The maximum atomic E-state index is 12.8. The molecule has 0 unspecified atom stereocenters. The van der Waals surface area contributed by atoms with Crippen LogP contribution in [0.25, 0.3) is 21.9 Å². The van der Waals surface area contributed by atoms with E-state index < -0.39 is 5.92 Å². The highest BCUT2D eigenvalue weighted by Crippen LogP contribution is 2.43. The number of imide groups is 1. The number of aryl methyl sites for hydroxylation is 2. The Labute approximate surface area is 370 Å². The molecule has 3 N–H and O–H groups in total. The summed E-state index contributed by atoms with van der Waals surface area (Å²) in [5.41, 5.74) is 3.98. The number of likely N-dealkylation sites (N-methyl/N-ethyl adjacent to an activating group) is 1. The molecule has 17 nitrogen and oxygen atoms in total. The Morgan fingerprint density at radius 3 is 2.43 bits per heavy atom. The second-order valence-electron chi connectivity index (χ2n) is 17.8. The summed E-state index contributed by atoms with van der Waals surface area (Å²) in [7, 11) is 5.05. The van der Waals surface area contributed by atoms with Gasteiger partial charge >= 0.3 is 0 Å². The molecule has 0 saturated carbocycles. The monoisotopic (exact) mass is 878 g/mol. The van der Waals surface area contributed by atoms with E-state index in [4.69, 9.17) is 26.4 Å². The Balaban J connectivity index is 0.770. The van der Waals surface area contributed by atoms with Gasteiger partial charge in [0.1, 0.15) is 10.7 Å². The molecule has 5 aromatic rings. The number of amides is 3. The van der Waals surface area contributed by atoms with Crippen LogP contribution in [0.3, 0.4) is 0 Å². The van der Waals surface area contributed by atoms with E-state index in [-0.39, 0.29) is 35.6 Å². The largest absolute Gasteiger partial charge is 0.478 e. The molecule has 63 heavy (non-hydrogen) atoms. The molecule has 4 fully saturated rings. The number of benzene rings is 1. The molecular formula is C45H55ClN12O5. The first-order valence-corrected chi connectivity index (χ1v) is 22.4. The molecule has 18 heteroatoms. The van der Waals surface area contributed by atoms with Crippen LogP contribution in [-0.4, -0.2) is 111 Å². The van der Waals surface area contributed by atoms with Crippen molar-refractivity contribution in [3.63, 3.8) is 0 Å². The van der Waals surface area contributed by atoms with Gasteiger partial charge < -0.3 is 30.1 Å². The van der Waals surface area contributed by atoms with Crippen LogP contribution < -0.4 is 36.0 Å². The van der Waals surface area contributed by atoms with Crippen molar-refractivity contribution in [1.82, 2.24) is 44.8 Å². The highest BCUT2D eigenvalue weighted by molar-refractivity contribution is 6.33. The predicted octanol–water partition coefficient (Wildman–Crippen LogP) is 4.64. The third kappa shape index (κ3) is 8.52. The lowest BCUT2D eigenvalue weighted by Gasteiger charge is -2.49. The Hall–Kier alpha value is -5.81. The Morgan fingerprint density at radius 2 is 1.70 bits per heavy atom. The number of carbonyl (C=O) groups is 3. The highest BCUT2D eigenvalue weighted by atomic mass is 35.5. The lowest BCUT2D eigenvalue weighted by atomic mass is 9.70. The number of halogens is 1. The number of fused-ring (bicyclic) bond motifs is 2. The van der Waals surface area contributed by atoms with E-state index in [0.29, 0.717) is 63.7 Å². The molecule has 1 aromatic carbocycles. The zero-order valence-electron chi connectivity index (χ0n) is 36.3. The van der Waals surface area contributed by atoms with E-state index in [1.165, 1.54) is 30.1 Å². The standard InChI is InChI=1S/C45H55ClN12O5/c1-27(28-9-15-57(16-10-28)31-5-6-32-35(23-31)55(4)53-39(32)33-7-8-37(59)51-42(33)61)56-17-11-45(12-18-56)13-19-58(20-14-45)44-49-25-34(46)40(52-44)50-30-21-29-22-36(63-26-38(60)47-2)43(62)54(3)41(29)48-24-30/h5-6,21-25,27-28,33H,7-20,26H2,1-4H3,(H,47,60)(H,49,50,52)(H,51,59,61)/t27-,33+/m0/s1. The molecule has 332 valence electrons. The summed E-state index contributed by atoms with van der Waals surface area (Å²) in [6.07, 6.45) is 11.0. The first kappa shape index (κ1) is 42.5. The molecule has 0 bridgehead atoms. The maximum Gasteiger partial charge on any atom is 0.294 e. The van der Waals surface area contributed by atoms with Crippen LogP contribution >= 0.6 is 11.6 Å². The van der Waals surface area contributed by atoms with Crippen LogP contribution in [0.4, 0.5) is 23.1 Å². The van der Waals surface area contributed by atoms with E-state index in [1.54, 1.807) is 25.5 Å². The lowest BCUT2D eigenvalue weighted by Crippen LogP contribution is -2.51. The predicted molar refractivity (Wildman–Crippen MR) is 242 cm³/mol.